The predicted molar refractivity (Wildman–Crippen MR) is 133 cm³/mol. The fourth-order valence-corrected chi connectivity index (χ4v) is 4.18. The largest absolute Gasteiger partial charge is 0.341 e. The Kier molecular flexibility index (Phi) is 6.22. The lowest BCUT2D eigenvalue weighted by atomic mass is 9.97. The van der Waals surface area contributed by atoms with Gasteiger partial charge in [0.15, 0.2) is 5.78 Å². The lowest BCUT2D eigenvalue weighted by Gasteiger charge is -2.06. The standard InChI is InChI=1S/C28H26N2O3/c1-5-9-25(29-33-19(4)31)20-12-14-26-23(16-20)24-17-21(13-15-27(24)30(26)6-2)28(32)22-11-8-7-10-18(22)3/h5,7-17H,6H2,1-4H3/b9-5+,29-25+. The minimum atomic E-state index is -0.472. The van der Waals surface area contributed by atoms with Gasteiger partial charge in [-0.3, -0.25) is 4.79 Å². The molecule has 0 aliphatic rings. The molecule has 0 spiro atoms. The van der Waals surface area contributed by atoms with Crippen LogP contribution in [0.5, 0.6) is 0 Å². The highest BCUT2D eigenvalue weighted by Gasteiger charge is 2.16. The van der Waals surface area contributed by atoms with Gasteiger partial charge in [-0.1, -0.05) is 41.6 Å². The van der Waals surface area contributed by atoms with Crippen molar-refractivity contribution in [3.63, 3.8) is 0 Å². The maximum absolute atomic E-state index is 13.2. The topological polar surface area (TPSA) is 60.7 Å². The van der Waals surface area contributed by atoms with Gasteiger partial charge in [0, 0.05) is 52.0 Å². The Morgan fingerprint density at radius 1 is 0.970 bits per heavy atom. The maximum atomic E-state index is 13.2. The van der Waals surface area contributed by atoms with Gasteiger partial charge in [0.1, 0.15) is 5.71 Å². The number of benzene rings is 3. The van der Waals surface area contributed by atoms with Crippen molar-refractivity contribution in [2.24, 2.45) is 5.16 Å². The Hall–Kier alpha value is -3.99. The monoisotopic (exact) mass is 438 g/mol. The molecule has 5 heteroatoms. The van der Waals surface area contributed by atoms with Crippen molar-refractivity contribution in [2.45, 2.75) is 34.2 Å². The average Bonchev–Trinajstić information content (AvgIpc) is 3.13. The second-order valence-corrected chi connectivity index (χ2v) is 7.91. The molecule has 4 rings (SSSR count). The van der Waals surface area contributed by atoms with E-state index in [2.05, 4.69) is 16.6 Å². The van der Waals surface area contributed by atoms with Crippen LogP contribution in [0.25, 0.3) is 21.8 Å². The van der Waals surface area contributed by atoms with Crippen molar-refractivity contribution in [3.8, 4) is 0 Å². The van der Waals surface area contributed by atoms with Gasteiger partial charge >= 0.3 is 5.97 Å². The van der Waals surface area contributed by atoms with E-state index in [1.54, 1.807) is 6.08 Å². The molecular weight excluding hydrogens is 412 g/mol. The summed E-state index contributed by atoms with van der Waals surface area (Å²) in [6.07, 6.45) is 3.65. The van der Waals surface area contributed by atoms with E-state index < -0.39 is 5.97 Å². The van der Waals surface area contributed by atoms with E-state index >= 15 is 0 Å². The summed E-state index contributed by atoms with van der Waals surface area (Å²) < 4.78 is 2.23. The second kappa shape index (κ2) is 9.25. The normalized spacial score (nSPS) is 12.1. The van der Waals surface area contributed by atoms with Gasteiger partial charge in [-0.05, 0) is 62.7 Å². The number of fused-ring (bicyclic) bond motifs is 3. The van der Waals surface area contributed by atoms with Gasteiger partial charge in [0.2, 0.25) is 0 Å². The van der Waals surface area contributed by atoms with Gasteiger partial charge < -0.3 is 9.40 Å². The summed E-state index contributed by atoms with van der Waals surface area (Å²) in [5, 5.41) is 6.03. The Morgan fingerprint density at radius 2 is 1.61 bits per heavy atom. The van der Waals surface area contributed by atoms with Crippen molar-refractivity contribution in [1.82, 2.24) is 4.57 Å². The van der Waals surface area contributed by atoms with Crippen molar-refractivity contribution < 1.29 is 14.4 Å². The van der Waals surface area contributed by atoms with E-state index in [0.717, 1.165) is 39.5 Å². The van der Waals surface area contributed by atoms with Crippen LogP contribution in [0.4, 0.5) is 0 Å². The number of aromatic nitrogens is 1. The summed E-state index contributed by atoms with van der Waals surface area (Å²) in [7, 11) is 0. The second-order valence-electron chi connectivity index (χ2n) is 7.91. The van der Waals surface area contributed by atoms with E-state index in [-0.39, 0.29) is 5.78 Å². The molecule has 0 radical (unpaired) electrons. The molecule has 1 aromatic heterocycles. The molecule has 0 aliphatic carbocycles. The van der Waals surface area contributed by atoms with Crippen LogP contribution in [0.3, 0.4) is 0 Å². The third-order valence-corrected chi connectivity index (χ3v) is 5.73. The summed E-state index contributed by atoms with van der Waals surface area (Å²) in [6, 6.07) is 19.6. The van der Waals surface area contributed by atoms with E-state index in [4.69, 9.17) is 4.84 Å². The van der Waals surface area contributed by atoms with Crippen molar-refractivity contribution in [2.75, 3.05) is 0 Å². The first-order valence-corrected chi connectivity index (χ1v) is 11.0. The lowest BCUT2D eigenvalue weighted by Crippen LogP contribution is -2.03. The SMILES string of the molecule is C/C=C/C(=N\OC(C)=O)c1ccc2c(c1)c1cc(C(=O)c3ccccc3C)ccc1n2CC. The van der Waals surface area contributed by atoms with Crippen LogP contribution in [0.2, 0.25) is 0 Å². The lowest BCUT2D eigenvalue weighted by molar-refractivity contribution is -0.140. The van der Waals surface area contributed by atoms with Crippen LogP contribution < -0.4 is 0 Å². The molecule has 0 aliphatic heterocycles. The van der Waals surface area contributed by atoms with Crippen LogP contribution in [0.15, 0.2) is 78.0 Å². The molecule has 33 heavy (non-hydrogen) atoms. The van der Waals surface area contributed by atoms with Gasteiger partial charge in [-0.15, -0.1) is 0 Å². The first-order chi connectivity index (χ1) is 15.9. The molecule has 0 saturated carbocycles. The summed E-state index contributed by atoms with van der Waals surface area (Å²) in [5.41, 5.74) is 5.84. The smallest absolute Gasteiger partial charge is 0.332 e. The molecule has 166 valence electrons. The number of hydrogen-bond donors (Lipinski definition) is 0. The highest BCUT2D eigenvalue weighted by atomic mass is 16.7. The average molecular weight is 439 g/mol. The van der Waals surface area contributed by atoms with E-state index in [1.165, 1.54) is 6.92 Å². The van der Waals surface area contributed by atoms with Gasteiger partial charge in [0.25, 0.3) is 0 Å². The Balaban J connectivity index is 1.91. The van der Waals surface area contributed by atoms with Gasteiger partial charge in [-0.25, -0.2) is 4.79 Å². The molecule has 0 bridgehead atoms. The van der Waals surface area contributed by atoms with E-state index in [9.17, 15) is 9.59 Å². The molecule has 0 N–H and O–H groups in total. The fourth-order valence-electron chi connectivity index (χ4n) is 4.18. The van der Waals surface area contributed by atoms with Crippen molar-refractivity contribution in [1.29, 1.82) is 0 Å². The Bertz CT molecular complexity index is 1440. The zero-order chi connectivity index (χ0) is 23.5. The molecule has 0 atom stereocenters. The van der Waals surface area contributed by atoms with Crippen molar-refractivity contribution in [3.05, 3.63) is 95.1 Å². The first kappa shape index (κ1) is 22.2. The number of ketones is 1. The number of carbonyl (C=O) groups is 2. The zero-order valence-corrected chi connectivity index (χ0v) is 19.3. The third kappa shape index (κ3) is 4.22. The molecule has 4 aromatic rings. The molecule has 5 nitrogen and oxygen atoms in total. The van der Waals surface area contributed by atoms with Crippen LogP contribution in [0, 0.1) is 6.92 Å². The highest BCUT2D eigenvalue weighted by Crippen LogP contribution is 2.31. The van der Waals surface area contributed by atoms with Gasteiger partial charge in [0.05, 0.1) is 0 Å². The molecule has 0 unspecified atom stereocenters. The summed E-state index contributed by atoms with van der Waals surface area (Å²) in [4.78, 5) is 29.4. The van der Waals surface area contributed by atoms with Crippen LogP contribution >= 0.6 is 0 Å². The molecule has 1 heterocycles. The zero-order valence-electron chi connectivity index (χ0n) is 19.3. The third-order valence-electron chi connectivity index (χ3n) is 5.73. The van der Waals surface area contributed by atoms with Crippen LogP contribution in [-0.2, 0) is 16.2 Å². The number of carbonyl (C=O) groups excluding carboxylic acids is 2. The number of hydrogen-bond acceptors (Lipinski definition) is 4. The Labute approximate surface area is 193 Å². The number of aryl methyl sites for hydroxylation is 2. The predicted octanol–water partition coefficient (Wildman–Crippen LogP) is 6.20. The van der Waals surface area contributed by atoms with E-state index in [0.29, 0.717) is 16.8 Å². The Morgan fingerprint density at radius 3 is 2.21 bits per heavy atom. The molecular formula is C28H26N2O3. The highest BCUT2D eigenvalue weighted by molar-refractivity contribution is 6.17. The van der Waals surface area contributed by atoms with Crippen LogP contribution in [0.1, 0.15) is 47.8 Å². The minimum absolute atomic E-state index is 0.00887. The number of allylic oxidation sites excluding steroid dienone is 2. The maximum Gasteiger partial charge on any atom is 0.332 e. The van der Waals surface area contributed by atoms with Crippen LogP contribution in [-0.4, -0.2) is 22.0 Å². The molecule has 0 amide bonds. The summed E-state index contributed by atoms with van der Waals surface area (Å²) in [5.74, 6) is -0.463. The molecule has 3 aromatic carbocycles. The fraction of sp³-hybridized carbons (Fsp3) is 0.179. The molecule has 0 fully saturated rings. The van der Waals surface area contributed by atoms with E-state index in [1.807, 2.05) is 80.6 Å². The first-order valence-electron chi connectivity index (χ1n) is 11.0. The van der Waals surface area contributed by atoms with Gasteiger partial charge in [-0.2, -0.15) is 0 Å². The summed E-state index contributed by atoms with van der Waals surface area (Å²) in [6.45, 7) is 8.06. The number of oxime groups is 1. The number of nitrogens with zero attached hydrogens (tertiary/aromatic N) is 2. The molecule has 0 saturated heterocycles. The minimum Gasteiger partial charge on any atom is -0.341 e. The quantitative estimate of drug-likeness (QED) is 0.156. The number of rotatable bonds is 6. The van der Waals surface area contributed by atoms with Crippen molar-refractivity contribution >= 4 is 39.3 Å². The summed E-state index contributed by atoms with van der Waals surface area (Å²) >= 11 is 0.